The van der Waals surface area contributed by atoms with Crippen LogP contribution in [0.1, 0.15) is 5.56 Å². The van der Waals surface area contributed by atoms with E-state index in [0.717, 1.165) is 0 Å². The number of aromatic amines is 1. The first kappa shape index (κ1) is 9.78. The summed E-state index contributed by atoms with van der Waals surface area (Å²) in [7, 11) is 0. The number of nitrogens with zero attached hydrogens (tertiary/aromatic N) is 4. The molecular formula is C8H5BrN5O-. The Hall–Kier alpha value is -1.76. The van der Waals surface area contributed by atoms with E-state index < -0.39 is 5.90 Å². The van der Waals surface area contributed by atoms with Crippen LogP contribution in [0.5, 0.6) is 0 Å². The lowest BCUT2D eigenvalue weighted by Crippen LogP contribution is -2.19. The summed E-state index contributed by atoms with van der Waals surface area (Å²) in [6.07, 6.45) is 0. The number of hydrogen-bond acceptors (Lipinski definition) is 5. The fourth-order valence-corrected chi connectivity index (χ4v) is 1.44. The molecule has 0 fully saturated rings. The van der Waals surface area contributed by atoms with E-state index in [4.69, 9.17) is 0 Å². The van der Waals surface area contributed by atoms with Crippen LogP contribution in [0.4, 0.5) is 5.95 Å². The van der Waals surface area contributed by atoms with E-state index >= 15 is 0 Å². The molecule has 15 heavy (non-hydrogen) atoms. The number of rotatable bonds is 2. The van der Waals surface area contributed by atoms with E-state index in [-0.39, 0.29) is 5.95 Å². The molecule has 0 atom stereocenters. The number of H-pyrrole nitrogens is 1. The lowest BCUT2D eigenvalue weighted by Gasteiger charge is -2.10. The third-order valence-electron chi connectivity index (χ3n) is 1.64. The monoisotopic (exact) mass is 266 g/mol. The highest BCUT2D eigenvalue weighted by molar-refractivity contribution is 9.10. The Morgan fingerprint density at radius 3 is 2.87 bits per heavy atom. The van der Waals surface area contributed by atoms with Gasteiger partial charge < -0.3 is 5.11 Å². The number of aliphatic imine (C=N–C) groups is 1. The summed E-state index contributed by atoms with van der Waals surface area (Å²) in [4.78, 5) is 3.67. The van der Waals surface area contributed by atoms with Crippen LogP contribution in [0.15, 0.2) is 33.7 Å². The maximum absolute atomic E-state index is 11.6. The van der Waals surface area contributed by atoms with Crippen molar-refractivity contribution in [2.24, 2.45) is 4.99 Å². The molecule has 1 aromatic carbocycles. The van der Waals surface area contributed by atoms with Gasteiger partial charge in [0.1, 0.15) is 0 Å². The zero-order valence-corrected chi connectivity index (χ0v) is 8.97. The maximum Gasteiger partial charge on any atom is 0.288 e. The summed E-state index contributed by atoms with van der Waals surface area (Å²) >= 11 is 3.26. The number of aromatic nitrogens is 4. The molecule has 76 valence electrons. The van der Waals surface area contributed by atoms with Gasteiger partial charge in [-0.25, -0.2) is 4.99 Å². The Bertz CT molecular complexity index is 482. The highest BCUT2D eigenvalue weighted by Gasteiger charge is 1.99. The molecule has 0 saturated carbocycles. The van der Waals surface area contributed by atoms with Crippen LogP contribution in [-0.4, -0.2) is 26.5 Å². The first-order chi connectivity index (χ1) is 7.27. The summed E-state index contributed by atoms with van der Waals surface area (Å²) in [5, 5.41) is 24.2. The summed E-state index contributed by atoms with van der Waals surface area (Å²) in [5.41, 5.74) is 0.460. The second kappa shape index (κ2) is 4.18. The lowest BCUT2D eigenvalue weighted by atomic mass is 10.2. The molecule has 1 aromatic heterocycles. The molecule has 0 unspecified atom stereocenters. The van der Waals surface area contributed by atoms with E-state index in [9.17, 15) is 5.11 Å². The third-order valence-corrected chi connectivity index (χ3v) is 2.33. The van der Waals surface area contributed by atoms with Gasteiger partial charge in [0.25, 0.3) is 5.95 Å². The van der Waals surface area contributed by atoms with Gasteiger partial charge >= 0.3 is 0 Å². The molecule has 2 rings (SSSR count). The summed E-state index contributed by atoms with van der Waals surface area (Å²) in [6, 6.07) is 6.99. The summed E-state index contributed by atoms with van der Waals surface area (Å²) < 4.78 is 0.683. The molecule has 0 spiro atoms. The topological polar surface area (TPSA) is 89.9 Å². The fraction of sp³-hybridized carbons (Fsp3) is 0. The standard InChI is InChI=1S/C8H6BrN5O/c9-6-4-2-1-3-5(6)7(15)10-8-11-13-14-12-8/h1-4H,(H2,10,11,12,13,14,15)/p-1. The molecule has 0 amide bonds. The second-order valence-electron chi connectivity index (χ2n) is 2.61. The molecule has 1 heterocycles. The van der Waals surface area contributed by atoms with Crippen molar-refractivity contribution >= 4 is 27.8 Å². The van der Waals surface area contributed by atoms with Gasteiger partial charge in [0.15, 0.2) is 0 Å². The Balaban J connectivity index is 2.36. The van der Waals surface area contributed by atoms with Crippen LogP contribution in [0, 0.1) is 0 Å². The van der Waals surface area contributed by atoms with Crippen LogP contribution < -0.4 is 5.11 Å². The zero-order valence-electron chi connectivity index (χ0n) is 7.38. The van der Waals surface area contributed by atoms with Crippen molar-refractivity contribution in [2.75, 3.05) is 0 Å². The molecule has 0 saturated heterocycles. The van der Waals surface area contributed by atoms with Crippen LogP contribution >= 0.6 is 15.9 Å². The van der Waals surface area contributed by atoms with Crippen LogP contribution in [0.25, 0.3) is 0 Å². The Morgan fingerprint density at radius 2 is 2.20 bits per heavy atom. The SMILES string of the molecule is [O-]C(=Nc1nn[nH]n1)c1ccccc1Br. The average molecular weight is 267 g/mol. The minimum Gasteiger partial charge on any atom is -0.858 e. The first-order valence-electron chi connectivity index (χ1n) is 4.01. The van der Waals surface area contributed by atoms with Crippen molar-refractivity contribution in [3.63, 3.8) is 0 Å². The summed E-state index contributed by atoms with van der Waals surface area (Å²) in [5.74, 6) is -0.389. The third kappa shape index (κ3) is 2.18. The van der Waals surface area contributed by atoms with Crippen molar-refractivity contribution in [1.82, 2.24) is 20.6 Å². The minimum absolute atomic E-state index is 0.0238. The minimum atomic E-state index is -0.413. The van der Waals surface area contributed by atoms with Gasteiger partial charge in [-0.15, -0.1) is 5.10 Å². The van der Waals surface area contributed by atoms with E-state index in [1.165, 1.54) is 0 Å². The molecule has 0 radical (unpaired) electrons. The van der Waals surface area contributed by atoms with E-state index in [1.54, 1.807) is 18.2 Å². The van der Waals surface area contributed by atoms with E-state index in [2.05, 4.69) is 41.5 Å². The average Bonchev–Trinajstić information content (AvgIpc) is 2.71. The second-order valence-corrected chi connectivity index (χ2v) is 3.46. The molecule has 1 N–H and O–H groups in total. The quantitative estimate of drug-likeness (QED) is 0.630. The highest BCUT2D eigenvalue weighted by atomic mass is 79.9. The lowest BCUT2D eigenvalue weighted by molar-refractivity contribution is -0.212. The van der Waals surface area contributed by atoms with Gasteiger partial charge in [-0.1, -0.05) is 39.2 Å². The normalized spacial score (nSPS) is 11.7. The van der Waals surface area contributed by atoms with Crippen molar-refractivity contribution in [2.45, 2.75) is 0 Å². The molecule has 0 aliphatic rings. The predicted octanol–water partition coefficient (Wildman–Crippen LogP) is 0.401. The molecule has 7 heteroatoms. The van der Waals surface area contributed by atoms with E-state index in [0.29, 0.717) is 10.0 Å². The number of halogens is 1. The van der Waals surface area contributed by atoms with E-state index in [1.807, 2.05) is 6.07 Å². The van der Waals surface area contributed by atoms with Crippen molar-refractivity contribution in [1.29, 1.82) is 0 Å². The molecular weight excluding hydrogens is 262 g/mol. The van der Waals surface area contributed by atoms with Gasteiger partial charge in [0.2, 0.25) is 0 Å². The zero-order chi connectivity index (χ0) is 10.7. The number of tetrazole rings is 1. The number of nitrogens with one attached hydrogen (secondary N) is 1. The molecule has 6 nitrogen and oxygen atoms in total. The van der Waals surface area contributed by atoms with Gasteiger partial charge in [-0.2, -0.15) is 5.21 Å². The van der Waals surface area contributed by atoms with Gasteiger partial charge in [0.05, 0.1) is 0 Å². The van der Waals surface area contributed by atoms with Crippen LogP contribution in [0.2, 0.25) is 0 Å². The molecule has 0 aliphatic heterocycles. The van der Waals surface area contributed by atoms with Gasteiger partial charge in [0, 0.05) is 4.47 Å². The molecule has 0 aliphatic carbocycles. The van der Waals surface area contributed by atoms with Crippen LogP contribution in [-0.2, 0) is 0 Å². The number of hydrogen-bond donors (Lipinski definition) is 1. The smallest absolute Gasteiger partial charge is 0.288 e. The first-order valence-corrected chi connectivity index (χ1v) is 4.81. The van der Waals surface area contributed by atoms with Gasteiger partial charge in [-0.3, -0.25) is 0 Å². The van der Waals surface area contributed by atoms with Gasteiger partial charge in [-0.05, 0) is 22.7 Å². The molecule has 0 bridgehead atoms. The predicted molar refractivity (Wildman–Crippen MR) is 54.5 cm³/mol. The Labute approximate surface area is 93.2 Å². The Morgan fingerprint density at radius 1 is 1.40 bits per heavy atom. The highest BCUT2D eigenvalue weighted by Crippen LogP contribution is 2.16. The number of benzene rings is 1. The largest absolute Gasteiger partial charge is 0.858 e. The van der Waals surface area contributed by atoms with Crippen molar-refractivity contribution < 1.29 is 5.11 Å². The fourth-order valence-electron chi connectivity index (χ4n) is 0.990. The molecule has 2 aromatic rings. The Kier molecular flexibility index (Phi) is 2.72. The van der Waals surface area contributed by atoms with Crippen molar-refractivity contribution in [3.05, 3.63) is 34.3 Å². The maximum atomic E-state index is 11.6. The summed E-state index contributed by atoms with van der Waals surface area (Å²) in [6.45, 7) is 0. The van der Waals surface area contributed by atoms with Crippen LogP contribution in [0.3, 0.4) is 0 Å². The van der Waals surface area contributed by atoms with Crippen molar-refractivity contribution in [3.8, 4) is 0 Å².